The van der Waals surface area contributed by atoms with Gasteiger partial charge in [-0.25, -0.2) is 0 Å². The van der Waals surface area contributed by atoms with Crippen molar-refractivity contribution in [3.05, 3.63) is 24.3 Å². The molecule has 3 heteroatoms. The molecule has 2 nitrogen and oxygen atoms in total. The average Bonchev–Trinajstić information content (AvgIpc) is 3.15. The summed E-state index contributed by atoms with van der Waals surface area (Å²) in [4.78, 5) is 0. The fourth-order valence-corrected chi connectivity index (χ4v) is 2.52. The SMILES string of the molecule is CCCCCC(/C=C/C=C\C[C@H]1C[C@H]1CC#N)OP. The van der Waals surface area contributed by atoms with Crippen molar-refractivity contribution in [2.75, 3.05) is 0 Å². The Balaban J connectivity index is 2.12. The molecule has 19 heavy (non-hydrogen) atoms. The van der Waals surface area contributed by atoms with Crippen LogP contribution in [0.4, 0.5) is 0 Å². The van der Waals surface area contributed by atoms with Gasteiger partial charge in [0, 0.05) is 15.9 Å². The van der Waals surface area contributed by atoms with E-state index >= 15 is 0 Å². The number of hydrogen-bond acceptors (Lipinski definition) is 2. The highest BCUT2D eigenvalue weighted by Gasteiger charge is 2.35. The molecule has 0 N–H and O–H groups in total. The molecule has 4 atom stereocenters. The highest BCUT2D eigenvalue weighted by molar-refractivity contribution is 7.09. The molecular weight excluding hydrogens is 253 g/mol. The maximum absolute atomic E-state index is 8.59. The second-order valence-corrected chi connectivity index (χ2v) is 5.61. The molecule has 106 valence electrons. The fraction of sp³-hybridized carbons (Fsp3) is 0.688. The van der Waals surface area contributed by atoms with Gasteiger partial charge in [-0.1, -0.05) is 50.5 Å². The highest BCUT2D eigenvalue weighted by Crippen LogP contribution is 2.43. The first kappa shape index (κ1) is 16.4. The highest BCUT2D eigenvalue weighted by atomic mass is 31.0. The maximum Gasteiger partial charge on any atom is 0.0794 e. The first-order valence-electron chi connectivity index (χ1n) is 7.37. The minimum atomic E-state index is 0.216. The van der Waals surface area contributed by atoms with E-state index in [0.29, 0.717) is 5.92 Å². The molecular formula is C16H26NOP. The van der Waals surface area contributed by atoms with Crippen molar-refractivity contribution in [3.8, 4) is 6.07 Å². The summed E-state index contributed by atoms with van der Waals surface area (Å²) in [6.45, 7) is 2.21. The lowest BCUT2D eigenvalue weighted by atomic mass is 10.1. The summed E-state index contributed by atoms with van der Waals surface area (Å²) in [7, 11) is 2.36. The van der Waals surface area contributed by atoms with E-state index in [1.54, 1.807) is 0 Å². The van der Waals surface area contributed by atoms with Crippen molar-refractivity contribution >= 4 is 9.47 Å². The summed E-state index contributed by atoms with van der Waals surface area (Å²) < 4.78 is 5.35. The molecule has 0 bridgehead atoms. The standard InChI is InChI=1S/C16H26NOP/c1-2-3-5-9-16(18-19)10-7-4-6-8-14-13-15(14)11-12-17/h4,6-7,10,14-16H,2-3,5,8-9,11,13,19H2,1H3/b6-4-,10-7+/t14-,15+,16?/m0/s1. The summed E-state index contributed by atoms with van der Waals surface area (Å²) in [5.41, 5.74) is 0. The quantitative estimate of drug-likeness (QED) is 0.327. The maximum atomic E-state index is 8.59. The molecule has 1 fully saturated rings. The van der Waals surface area contributed by atoms with Crippen LogP contribution in [-0.4, -0.2) is 6.10 Å². The third kappa shape index (κ3) is 7.51. The van der Waals surface area contributed by atoms with Crippen molar-refractivity contribution in [1.29, 1.82) is 5.26 Å². The molecule has 0 radical (unpaired) electrons. The van der Waals surface area contributed by atoms with Crippen LogP contribution in [0.15, 0.2) is 24.3 Å². The van der Waals surface area contributed by atoms with Crippen LogP contribution in [0.2, 0.25) is 0 Å². The second-order valence-electron chi connectivity index (χ2n) is 5.34. The fourth-order valence-electron chi connectivity index (χ4n) is 2.29. The number of rotatable bonds is 10. The number of hydrogen-bond donors (Lipinski definition) is 0. The number of nitriles is 1. The summed E-state index contributed by atoms with van der Waals surface area (Å²) >= 11 is 0. The van der Waals surface area contributed by atoms with Gasteiger partial charge in [0.15, 0.2) is 0 Å². The number of allylic oxidation sites excluding steroid dienone is 3. The van der Waals surface area contributed by atoms with Crippen LogP contribution in [0.5, 0.6) is 0 Å². The van der Waals surface area contributed by atoms with Crippen LogP contribution in [0, 0.1) is 23.2 Å². The molecule has 0 aromatic heterocycles. The smallest absolute Gasteiger partial charge is 0.0794 e. The molecule has 0 spiro atoms. The second kappa shape index (κ2) is 10.2. The topological polar surface area (TPSA) is 33.0 Å². The lowest BCUT2D eigenvalue weighted by Crippen LogP contribution is -2.02. The Morgan fingerprint density at radius 2 is 2.21 bits per heavy atom. The van der Waals surface area contributed by atoms with Crippen molar-refractivity contribution < 1.29 is 4.52 Å². The molecule has 0 aromatic rings. The van der Waals surface area contributed by atoms with Crippen molar-refractivity contribution in [2.45, 2.75) is 58.0 Å². The summed E-state index contributed by atoms with van der Waals surface area (Å²) in [5, 5.41) is 8.59. The molecule has 0 amide bonds. The lowest BCUT2D eigenvalue weighted by molar-refractivity contribution is 0.274. The van der Waals surface area contributed by atoms with Gasteiger partial charge in [-0.2, -0.15) is 5.26 Å². The van der Waals surface area contributed by atoms with Crippen LogP contribution < -0.4 is 0 Å². The van der Waals surface area contributed by atoms with Crippen molar-refractivity contribution in [1.82, 2.24) is 0 Å². The van der Waals surface area contributed by atoms with E-state index in [4.69, 9.17) is 9.79 Å². The Kier molecular flexibility index (Phi) is 8.80. The van der Waals surface area contributed by atoms with Crippen LogP contribution in [-0.2, 0) is 4.52 Å². The van der Waals surface area contributed by atoms with E-state index in [2.05, 4.69) is 46.8 Å². The van der Waals surface area contributed by atoms with Gasteiger partial charge in [-0.3, -0.25) is 0 Å². The first-order chi connectivity index (χ1) is 9.31. The van der Waals surface area contributed by atoms with Crippen LogP contribution in [0.1, 0.15) is 51.9 Å². The molecule has 2 unspecified atom stereocenters. The molecule has 0 aliphatic heterocycles. The Morgan fingerprint density at radius 1 is 1.37 bits per heavy atom. The molecule has 0 aromatic carbocycles. The van der Waals surface area contributed by atoms with E-state index in [1.807, 2.05) is 0 Å². The molecule has 0 saturated heterocycles. The van der Waals surface area contributed by atoms with Gasteiger partial charge in [-0.05, 0) is 31.1 Å². The largest absolute Gasteiger partial charge is 0.358 e. The van der Waals surface area contributed by atoms with Gasteiger partial charge in [-0.15, -0.1) is 0 Å². The van der Waals surface area contributed by atoms with Crippen LogP contribution in [0.3, 0.4) is 0 Å². The Labute approximate surface area is 120 Å². The van der Waals surface area contributed by atoms with E-state index in [-0.39, 0.29) is 6.10 Å². The van der Waals surface area contributed by atoms with Gasteiger partial charge in [0.05, 0.1) is 12.2 Å². The third-order valence-electron chi connectivity index (χ3n) is 3.70. The Hall–Kier alpha value is -0.640. The van der Waals surface area contributed by atoms with Gasteiger partial charge >= 0.3 is 0 Å². The van der Waals surface area contributed by atoms with Gasteiger partial charge in [0.2, 0.25) is 0 Å². The average molecular weight is 279 g/mol. The van der Waals surface area contributed by atoms with Crippen LogP contribution >= 0.6 is 9.47 Å². The molecule has 1 aliphatic carbocycles. The zero-order valence-corrected chi connectivity index (χ0v) is 13.1. The molecule has 1 saturated carbocycles. The monoisotopic (exact) mass is 279 g/mol. The van der Waals surface area contributed by atoms with E-state index in [1.165, 1.54) is 25.7 Å². The third-order valence-corrected chi connectivity index (χ3v) is 4.05. The minimum Gasteiger partial charge on any atom is -0.358 e. The zero-order valence-electron chi connectivity index (χ0n) is 11.9. The van der Waals surface area contributed by atoms with Crippen molar-refractivity contribution in [2.24, 2.45) is 11.8 Å². The molecule has 1 rings (SSSR count). The number of nitrogens with zero attached hydrogens (tertiary/aromatic N) is 1. The Morgan fingerprint density at radius 3 is 2.89 bits per heavy atom. The summed E-state index contributed by atoms with van der Waals surface area (Å²) in [6, 6.07) is 2.25. The van der Waals surface area contributed by atoms with Gasteiger partial charge < -0.3 is 4.52 Å². The van der Waals surface area contributed by atoms with Gasteiger partial charge in [0.1, 0.15) is 0 Å². The van der Waals surface area contributed by atoms with E-state index < -0.39 is 0 Å². The normalized spacial score (nSPS) is 23.8. The van der Waals surface area contributed by atoms with E-state index in [0.717, 1.165) is 25.2 Å². The predicted molar refractivity (Wildman–Crippen MR) is 83.4 cm³/mol. The Bertz CT molecular complexity index is 332. The van der Waals surface area contributed by atoms with Crippen molar-refractivity contribution in [3.63, 3.8) is 0 Å². The first-order valence-corrected chi connectivity index (χ1v) is 7.84. The molecule has 0 heterocycles. The summed E-state index contributed by atoms with van der Waals surface area (Å²) in [6.07, 6.45) is 16.7. The number of unbranched alkanes of at least 4 members (excludes halogenated alkanes) is 2. The van der Waals surface area contributed by atoms with Crippen LogP contribution in [0.25, 0.3) is 0 Å². The lowest BCUT2D eigenvalue weighted by Gasteiger charge is -2.09. The predicted octanol–water partition coefficient (Wildman–Crippen LogP) is 4.79. The minimum absolute atomic E-state index is 0.216. The van der Waals surface area contributed by atoms with Gasteiger partial charge in [0.25, 0.3) is 0 Å². The zero-order chi connectivity index (χ0) is 13.9. The summed E-state index contributed by atoms with van der Waals surface area (Å²) in [5.74, 6) is 1.42. The van der Waals surface area contributed by atoms with E-state index in [9.17, 15) is 0 Å². The molecule has 1 aliphatic rings.